The molecule has 0 radical (unpaired) electrons. The van der Waals surface area contributed by atoms with Crippen LogP contribution in [-0.2, 0) is 0 Å². The second kappa shape index (κ2) is 9.64. The monoisotopic (exact) mass is 526 g/mol. The first-order valence-electron chi connectivity index (χ1n) is 5.24. The van der Waals surface area contributed by atoms with Crippen LogP contribution in [0.4, 0.5) is 0 Å². The van der Waals surface area contributed by atoms with E-state index in [1.807, 2.05) is 19.6 Å². The summed E-state index contributed by atoms with van der Waals surface area (Å²) < 4.78 is 0. The van der Waals surface area contributed by atoms with Crippen LogP contribution in [0.1, 0.15) is 0 Å². The topological polar surface area (TPSA) is 0 Å². The van der Waals surface area contributed by atoms with E-state index in [1.165, 1.54) is 5.70 Å². The van der Waals surface area contributed by atoms with Crippen molar-refractivity contribution in [3.05, 3.63) is 12.3 Å². The zero-order chi connectivity index (χ0) is 17.0. The molecule has 0 aromatic rings. The molecule has 0 aromatic carbocycles. The standard InChI is InChI=1S/C5H12Cl6Si3.C2H3Cl3Si/c1-12(6,7)4-5(13(2,8)9)14(3,10)11;1-2-6(3,4)5/h5H,4H2,1-3H3;2H,1H2. The second-order valence-electron chi connectivity index (χ2n) is 4.49. The Balaban J connectivity index is 0. The van der Waals surface area contributed by atoms with Gasteiger partial charge in [0.2, 0.25) is 6.69 Å². The summed E-state index contributed by atoms with van der Waals surface area (Å²) in [6.45, 7) is 1.63. The molecule has 0 aliphatic carbocycles. The van der Waals surface area contributed by atoms with Crippen LogP contribution in [0.15, 0.2) is 12.3 Å². The highest BCUT2D eigenvalue weighted by Gasteiger charge is 2.49. The Morgan fingerprint density at radius 2 is 1.05 bits per heavy atom. The lowest BCUT2D eigenvalue weighted by Crippen LogP contribution is -2.41. The van der Waals surface area contributed by atoms with Crippen LogP contribution in [0.25, 0.3) is 0 Å². The van der Waals surface area contributed by atoms with Crippen molar-refractivity contribution in [2.45, 2.75) is 30.8 Å². The molecule has 0 nitrogen and oxygen atoms in total. The van der Waals surface area contributed by atoms with Gasteiger partial charge >= 0.3 is 6.00 Å². The molecule has 122 valence electrons. The van der Waals surface area contributed by atoms with Crippen molar-refractivity contribution in [1.82, 2.24) is 0 Å². The fraction of sp³-hybridized carbons (Fsp3) is 0.714. The van der Waals surface area contributed by atoms with Gasteiger partial charge in [0.15, 0.2) is 0 Å². The Hall–Kier alpha value is 3.22. The van der Waals surface area contributed by atoms with Crippen molar-refractivity contribution >= 4 is 126 Å². The molecule has 0 rings (SSSR count). The van der Waals surface area contributed by atoms with Gasteiger partial charge in [0.05, 0.1) is 0 Å². The van der Waals surface area contributed by atoms with E-state index < -0.39 is 26.1 Å². The average molecular weight is 531 g/mol. The van der Waals surface area contributed by atoms with Crippen LogP contribution in [0.3, 0.4) is 0 Å². The predicted molar refractivity (Wildman–Crippen MR) is 112 cm³/mol. The van der Waals surface area contributed by atoms with Gasteiger partial charge in [0.25, 0.3) is 13.4 Å². The number of hydrogen-bond acceptors (Lipinski definition) is 0. The Kier molecular flexibility index (Phi) is 12.3. The molecule has 0 aromatic heterocycles. The maximum Gasteiger partial charge on any atom is 0.365 e. The van der Waals surface area contributed by atoms with Gasteiger partial charge in [-0.2, -0.15) is 0 Å². The van der Waals surface area contributed by atoms with Crippen LogP contribution in [0.2, 0.25) is 30.8 Å². The summed E-state index contributed by atoms with van der Waals surface area (Å²) in [6.07, 6.45) is 0. The molecule has 0 saturated carbocycles. The third kappa shape index (κ3) is 16.1. The predicted octanol–water partition coefficient (Wildman–Crippen LogP) is 7.91. The smallest absolute Gasteiger partial charge is 0.146 e. The summed E-state index contributed by atoms with van der Waals surface area (Å²) in [6, 6.07) is -1.88. The Morgan fingerprint density at radius 1 is 0.800 bits per heavy atom. The van der Waals surface area contributed by atoms with Crippen LogP contribution < -0.4 is 0 Å². The minimum Gasteiger partial charge on any atom is -0.146 e. The minimum absolute atomic E-state index is 0.0895. The van der Waals surface area contributed by atoms with Crippen molar-refractivity contribution in [2.75, 3.05) is 0 Å². The van der Waals surface area contributed by atoms with Gasteiger partial charge < -0.3 is 0 Å². The van der Waals surface area contributed by atoms with Crippen molar-refractivity contribution in [1.29, 1.82) is 0 Å². The first kappa shape index (κ1) is 25.5. The highest BCUT2D eigenvalue weighted by molar-refractivity contribution is 7.66. The maximum atomic E-state index is 6.16. The fourth-order valence-corrected chi connectivity index (χ4v) is 25.9. The molecule has 0 atom stereocenters. The molecule has 0 bridgehead atoms. The summed E-state index contributed by atoms with van der Waals surface area (Å²) in [7, 11) is 0. The maximum absolute atomic E-state index is 6.16. The molecule has 0 heterocycles. The molecule has 0 aliphatic rings. The molecular formula is C7H15Cl9Si4. The molecule has 13 heteroatoms. The van der Waals surface area contributed by atoms with Gasteiger partial charge in [-0.15, -0.1) is 106 Å². The van der Waals surface area contributed by atoms with Crippen molar-refractivity contribution in [3.63, 3.8) is 0 Å². The summed E-state index contributed by atoms with van der Waals surface area (Å²) >= 11 is 52.6. The van der Waals surface area contributed by atoms with Crippen LogP contribution in [-0.4, -0.2) is 26.1 Å². The molecule has 0 fully saturated rings. The lowest BCUT2D eigenvalue weighted by molar-refractivity contribution is 1.24. The van der Waals surface area contributed by atoms with Crippen LogP contribution >= 0.6 is 99.7 Å². The quantitative estimate of drug-likeness (QED) is 0.250. The van der Waals surface area contributed by atoms with Gasteiger partial charge in [0.1, 0.15) is 0 Å². The lowest BCUT2D eigenvalue weighted by atomic mass is 10.9. The van der Waals surface area contributed by atoms with Crippen molar-refractivity contribution in [2.24, 2.45) is 0 Å². The van der Waals surface area contributed by atoms with E-state index in [4.69, 9.17) is 99.7 Å². The first-order valence-corrected chi connectivity index (χ1v) is 24.3. The Bertz CT molecular complexity index is 283. The van der Waals surface area contributed by atoms with E-state index in [9.17, 15) is 0 Å². The van der Waals surface area contributed by atoms with Gasteiger partial charge in [0, 0.05) is 5.16 Å². The Morgan fingerprint density at radius 3 is 1.10 bits per heavy atom. The molecular weight excluding hydrogens is 515 g/mol. The highest BCUT2D eigenvalue weighted by Crippen LogP contribution is 2.47. The molecule has 0 aliphatic heterocycles. The fourth-order valence-electron chi connectivity index (χ4n) is 1.16. The molecule has 20 heavy (non-hydrogen) atoms. The van der Waals surface area contributed by atoms with Gasteiger partial charge in [-0.3, -0.25) is 0 Å². The summed E-state index contributed by atoms with van der Waals surface area (Å²) in [5, 5.41) is -0.0895. The third-order valence-corrected chi connectivity index (χ3v) is 18.4. The van der Waals surface area contributed by atoms with E-state index in [0.717, 1.165) is 0 Å². The van der Waals surface area contributed by atoms with E-state index in [0.29, 0.717) is 6.04 Å². The molecule has 0 N–H and O–H groups in total. The van der Waals surface area contributed by atoms with Crippen LogP contribution in [0.5, 0.6) is 0 Å². The largest absolute Gasteiger partial charge is 0.365 e. The first-order chi connectivity index (χ1) is 8.40. The van der Waals surface area contributed by atoms with Gasteiger partial charge in [-0.1, -0.05) is 5.70 Å². The molecule has 0 saturated heterocycles. The van der Waals surface area contributed by atoms with Crippen LogP contribution in [0, 0.1) is 0 Å². The molecule has 0 unspecified atom stereocenters. The Labute approximate surface area is 167 Å². The zero-order valence-corrected chi connectivity index (χ0v) is 21.8. The van der Waals surface area contributed by atoms with E-state index in [2.05, 4.69) is 6.58 Å². The van der Waals surface area contributed by atoms with Crippen molar-refractivity contribution in [3.8, 4) is 0 Å². The lowest BCUT2D eigenvalue weighted by Gasteiger charge is -2.32. The van der Waals surface area contributed by atoms with E-state index in [1.54, 1.807) is 0 Å². The second-order valence-corrected chi connectivity index (χ2v) is 37.6. The number of hydrogen-bond donors (Lipinski definition) is 0. The summed E-state index contributed by atoms with van der Waals surface area (Å²) in [5.41, 5.74) is 1.37. The molecule has 0 amide bonds. The SMILES string of the molecule is C=C[Si](Cl)(Cl)Cl.C[Si](Cl)(Cl)CC([Si](C)(Cl)Cl)[Si](C)(Cl)Cl. The number of rotatable bonds is 5. The minimum atomic E-state index is -2.45. The number of halogens is 9. The third-order valence-electron chi connectivity index (χ3n) is 2.02. The van der Waals surface area contributed by atoms with Gasteiger partial charge in [-0.05, 0) is 25.7 Å². The molecule has 0 spiro atoms. The average Bonchev–Trinajstić information content (AvgIpc) is 2.09. The summed E-state index contributed by atoms with van der Waals surface area (Å²) in [4.78, 5) is 0. The summed E-state index contributed by atoms with van der Waals surface area (Å²) in [5.74, 6) is 0. The van der Waals surface area contributed by atoms with E-state index >= 15 is 0 Å². The van der Waals surface area contributed by atoms with Crippen molar-refractivity contribution < 1.29 is 0 Å². The zero-order valence-electron chi connectivity index (χ0n) is 11.0. The van der Waals surface area contributed by atoms with Gasteiger partial charge in [-0.25, -0.2) is 0 Å². The normalized spacial score (nSPS) is 13.8. The highest BCUT2D eigenvalue weighted by atomic mass is 35.8. The van der Waals surface area contributed by atoms with E-state index in [-0.39, 0.29) is 5.16 Å².